The molecular weight excluding hydrogens is 352 g/mol. The van der Waals surface area contributed by atoms with E-state index in [0.717, 1.165) is 16.2 Å². The van der Waals surface area contributed by atoms with Crippen LogP contribution in [0.3, 0.4) is 0 Å². The number of carbonyl (C=O) groups excluding carboxylic acids is 1. The molecule has 0 unspecified atom stereocenters. The molecule has 0 saturated heterocycles. The summed E-state index contributed by atoms with van der Waals surface area (Å²) in [5.74, 6) is -0.536. The topological polar surface area (TPSA) is 89.5 Å². The van der Waals surface area contributed by atoms with E-state index in [2.05, 4.69) is 10.3 Å². The van der Waals surface area contributed by atoms with Gasteiger partial charge in [-0.3, -0.25) is 19.3 Å². The second-order valence-corrected chi connectivity index (χ2v) is 6.37. The molecule has 2 heterocycles. The summed E-state index contributed by atoms with van der Waals surface area (Å²) in [5, 5.41) is 15.9. The van der Waals surface area contributed by atoms with Gasteiger partial charge in [0.2, 0.25) is 0 Å². The van der Waals surface area contributed by atoms with E-state index < -0.39 is 10.8 Å². The minimum absolute atomic E-state index is 0.0122. The van der Waals surface area contributed by atoms with E-state index in [-0.39, 0.29) is 11.3 Å². The lowest BCUT2D eigenvalue weighted by Crippen LogP contribution is -2.14. The Morgan fingerprint density at radius 1 is 1.15 bits per heavy atom. The first-order valence-corrected chi connectivity index (χ1v) is 8.58. The Bertz CT molecular complexity index is 1100. The number of amides is 1. The van der Waals surface area contributed by atoms with E-state index >= 15 is 0 Å². The van der Waals surface area contributed by atoms with E-state index in [0.29, 0.717) is 5.69 Å². The smallest absolute Gasteiger partial charge is 0.282 e. The monoisotopic (exact) mass is 364 g/mol. The van der Waals surface area contributed by atoms with Gasteiger partial charge in [0, 0.05) is 29.4 Å². The van der Waals surface area contributed by atoms with Crippen LogP contribution in [0.4, 0.5) is 11.4 Å². The van der Waals surface area contributed by atoms with Gasteiger partial charge < -0.3 is 5.32 Å². The van der Waals surface area contributed by atoms with Gasteiger partial charge >= 0.3 is 0 Å². The number of nitro benzene ring substituents is 1. The second kappa shape index (κ2) is 6.41. The number of benzene rings is 2. The summed E-state index contributed by atoms with van der Waals surface area (Å²) in [6.07, 6.45) is 3.78. The molecule has 26 heavy (non-hydrogen) atoms. The highest BCUT2D eigenvalue weighted by Crippen LogP contribution is 2.29. The van der Waals surface area contributed by atoms with Gasteiger partial charge in [0.15, 0.2) is 4.96 Å². The van der Waals surface area contributed by atoms with Crippen molar-refractivity contribution >= 4 is 33.6 Å². The fraction of sp³-hybridized carbons (Fsp3) is 0. The minimum atomic E-state index is -0.565. The Labute approximate surface area is 151 Å². The van der Waals surface area contributed by atoms with Crippen molar-refractivity contribution in [2.24, 2.45) is 0 Å². The normalized spacial score (nSPS) is 10.8. The zero-order chi connectivity index (χ0) is 18.1. The Kier molecular flexibility index (Phi) is 3.94. The molecule has 0 aliphatic rings. The van der Waals surface area contributed by atoms with Crippen LogP contribution in [0.2, 0.25) is 0 Å². The number of nitrogens with zero attached hydrogens (tertiary/aromatic N) is 3. The zero-order valence-electron chi connectivity index (χ0n) is 13.3. The molecule has 2 aromatic carbocycles. The summed E-state index contributed by atoms with van der Waals surface area (Å²) >= 11 is 1.51. The maximum absolute atomic E-state index is 12.6. The van der Waals surface area contributed by atoms with Crippen molar-refractivity contribution in [3.63, 3.8) is 0 Å². The van der Waals surface area contributed by atoms with Crippen LogP contribution >= 0.6 is 11.3 Å². The number of hydrogen-bond donors (Lipinski definition) is 1. The predicted molar refractivity (Wildman–Crippen MR) is 99.6 cm³/mol. The van der Waals surface area contributed by atoms with Crippen molar-refractivity contribution in [2.45, 2.75) is 0 Å². The number of carbonyl (C=O) groups is 1. The van der Waals surface area contributed by atoms with Gasteiger partial charge in [0.05, 0.1) is 16.3 Å². The fourth-order valence-corrected chi connectivity index (χ4v) is 3.39. The van der Waals surface area contributed by atoms with Crippen molar-refractivity contribution < 1.29 is 9.72 Å². The van der Waals surface area contributed by atoms with Crippen LogP contribution in [-0.2, 0) is 0 Å². The Morgan fingerprint density at radius 3 is 2.73 bits per heavy atom. The number of hydrogen-bond acceptors (Lipinski definition) is 5. The summed E-state index contributed by atoms with van der Waals surface area (Å²) < 4.78 is 1.90. The molecule has 7 nitrogen and oxygen atoms in total. The molecule has 4 rings (SSSR count). The van der Waals surface area contributed by atoms with Crippen molar-refractivity contribution in [1.29, 1.82) is 0 Å². The maximum atomic E-state index is 12.6. The molecule has 0 spiro atoms. The SMILES string of the molecule is O=C(Nc1ccccc1-c1cn2ccsc2n1)c1ccccc1[N+](=O)[O-]. The number of imidazole rings is 1. The van der Waals surface area contributed by atoms with Crippen molar-refractivity contribution in [1.82, 2.24) is 9.38 Å². The molecule has 4 aromatic rings. The molecule has 0 aliphatic carbocycles. The molecule has 0 fully saturated rings. The number of aromatic nitrogens is 2. The number of rotatable bonds is 4. The molecule has 0 radical (unpaired) electrons. The molecule has 0 bridgehead atoms. The summed E-state index contributed by atoms with van der Waals surface area (Å²) in [7, 11) is 0. The van der Waals surface area contributed by atoms with Crippen molar-refractivity contribution in [3.8, 4) is 11.3 Å². The summed E-state index contributed by atoms with van der Waals surface area (Å²) in [6, 6.07) is 13.1. The first kappa shape index (κ1) is 16.0. The van der Waals surface area contributed by atoms with E-state index in [1.165, 1.54) is 29.5 Å². The first-order valence-electron chi connectivity index (χ1n) is 7.70. The molecule has 1 amide bonds. The predicted octanol–water partition coefficient (Wildman–Crippen LogP) is 4.22. The molecule has 2 aromatic heterocycles. The minimum Gasteiger partial charge on any atom is -0.321 e. The summed E-state index contributed by atoms with van der Waals surface area (Å²) in [4.78, 5) is 28.6. The number of nitro groups is 1. The second-order valence-electron chi connectivity index (χ2n) is 5.49. The summed E-state index contributed by atoms with van der Waals surface area (Å²) in [5.41, 5.74) is 1.79. The third-order valence-electron chi connectivity index (χ3n) is 3.89. The highest BCUT2D eigenvalue weighted by molar-refractivity contribution is 7.15. The third-order valence-corrected chi connectivity index (χ3v) is 4.66. The van der Waals surface area contributed by atoms with E-state index in [1.807, 2.05) is 34.3 Å². The molecule has 8 heteroatoms. The van der Waals surface area contributed by atoms with Crippen LogP contribution in [-0.4, -0.2) is 20.2 Å². The molecule has 128 valence electrons. The number of thiazole rings is 1. The van der Waals surface area contributed by atoms with Gasteiger partial charge in [-0.05, 0) is 12.1 Å². The quantitative estimate of drug-likeness (QED) is 0.433. The third kappa shape index (κ3) is 2.82. The van der Waals surface area contributed by atoms with Gasteiger partial charge in [-0.15, -0.1) is 11.3 Å². The van der Waals surface area contributed by atoms with E-state index in [4.69, 9.17) is 0 Å². The standard InChI is InChI=1S/C18H12N4O3S/c23-17(13-6-2-4-8-16(13)22(24)25)19-14-7-3-1-5-12(14)15-11-21-9-10-26-18(21)20-15/h1-11H,(H,19,23). The van der Waals surface area contributed by atoms with Crippen LogP contribution < -0.4 is 5.32 Å². The fourth-order valence-electron chi connectivity index (χ4n) is 2.69. The van der Waals surface area contributed by atoms with Crippen molar-refractivity contribution in [3.05, 3.63) is 82.0 Å². The first-order chi connectivity index (χ1) is 12.6. The van der Waals surface area contributed by atoms with Gasteiger partial charge in [-0.25, -0.2) is 4.98 Å². The van der Waals surface area contributed by atoms with Crippen molar-refractivity contribution in [2.75, 3.05) is 5.32 Å². The molecule has 0 atom stereocenters. The molecule has 0 saturated carbocycles. The average molecular weight is 364 g/mol. The van der Waals surface area contributed by atoms with Crippen LogP contribution in [0.1, 0.15) is 10.4 Å². The molecule has 0 aliphatic heterocycles. The lowest BCUT2D eigenvalue weighted by molar-refractivity contribution is -0.385. The maximum Gasteiger partial charge on any atom is 0.282 e. The number of para-hydroxylation sites is 2. The van der Waals surface area contributed by atoms with Crippen LogP contribution in [0.5, 0.6) is 0 Å². The van der Waals surface area contributed by atoms with Crippen LogP contribution in [0, 0.1) is 10.1 Å². The van der Waals surface area contributed by atoms with Crippen LogP contribution in [0.25, 0.3) is 16.2 Å². The van der Waals surface area contributed by atoms with Crippen LogP contribution in [0.15, 0.2) is 66.3 Å². The average Bonchev–Trinajstić information content (AvgIpc) is 3.24. The molecule has 1 N–H and O–H groups in total. The van der Waals surface area contributed by atoms with E-state index in [1.54, 1.807) is 18.2 Å². The van der Waals surface area contributed by atoms with Gasteiger partial charge in [-0.1, -0.05) is 30.3 Å². The van der Waals surface area contributed by atoms with Gasteiger partial charge in [0.1, 0.15) is 5.56 Å². The van der Waals surface area contributed by atoms with Gasteiger partial charge in [0.25, 0.3) is 11.6 Å². The van der Waals surface area contributed by atoms with E-state index in [9.17, 15) is 14.9 Å². The lowest BCUT2D eigenvalue weighted by Gasteiger charge is -2.09. The van der Waals surface area contributed by atoms with Gasteiger partial charge in [-0.2, -0.15) is 0 Å². The Morgan fingerprint density at radius 2 is 1.92 bits per heavy atom. The summed E-state index contributed by atoms with van der Waals surface area (Å²) in [6.45, 7) is 0. The molecular formula is C18H12N4O3S. The largest absolute Gasteiger partial charge is 0.321 e. The Balaban J connectivity index is 1.70. The highest BCUT2D eigenvalue weighted by atomic mass is 32.1. The number of anilines is 1. The zero-order valence-corrected chi connectivity index (χ0v) is 14.1. The number of nitrogens with one attached hydrogen (secondary N) is 1. The lowest BCUT2D eigenvalue weighted by atomic mass is 10.1. The Hall–Kier alpha value is -3.52. The highest BCUT2D eigenvalue weighted by Gasteiger charge is 2.20. The number of fused-ring (bicyclic) bond motifs is 1.